The normalized spacial score (nSPS) is 16.9. The minimum atomic E-state index is -0.329. The van der Waals surface area contributed by atoms with Crippen LogP contribution in [0, 0.1) is 10.1 Å². The van der Waals surface area contributed by atoms with E-state index >= 15 is 0 Å². The predicted octanol–water partition coefficient (Wildman–Crippen LogP) is 3.87. The van der Waals surface area contributed by atoms with Gasteiger partial charge in [0.2, 0.25) is 0 Å². The second-order valence-corrected chi connectivity index (χ2v) is 5.45. The Morgan fingerprint density at radius 1 is 1.30 bits per heavy atom. The van der Waals surface area contributed by atoms with Crippen LogP contribution in [0.4, 0.5) is 5.69 Å². The summed E-state index contributed by atoms with van der Waals surface area (Å²) < 4.78 is 0. The van der Waals surface area contributed by atoms with Crippen molar-refractivity contribution in [1.82, 2.24) is 4.90 Å². The minimum Gasteiger partial charge on any atom is -0.300 e. The molecule has 1 aromatic carbocycles. The van der Waals surface area contributed by atoms with Gasteiger partial charge in [-0.3, -0.25) is 15.0 Å². The third-order valence-electron chi connectivity index (χ3n) is 4.02. The summed E-state index contributed by atoms with van der Waals surface area (Å²) in [5.41, 5.74) is 0.846. The third-order valence-corrected chi connectivity index (χ3v) is 4.02. The van der Waals surface area contributed by atoms with Crippen molar-refractivity contribution in [3.63, 3.8) is 0 Å². The Bertz CT molecular complexity index is 479. The van der Waals surface area contributed by atoms with Gasteiger partial charge in [0.05, 0.1) is 10.5 Å². The quantitative estimate of drug-likeness (QED) is 0.605. The lowest BCUT2D eigenvalue weighted by Gasteiger charge is -2.30. The summed E-state index contributed by atoms with van der Waals surface area (Å²) in [7, 11) is 2.14. The third kappa shape index (κ3) is 3.90. The smallest absolute Gasteiger partial charge is 0.276 e. The van der Waals surface area contributed by atoms with E-state index in [1.165, 1.54) is 32.1 Å². The molecule has 108 valence electrons. The van der Waals surface area contributed by atoms with E-state index in [1.807, 2.05) is 18.2 Å². The van der Waals surface area contributed by atoms with Crippen LogP contribution < -0.4 is 0 Å². The average molecular weight is 274 g/mol. The molecule has 1 aromatic rings. The summed E-state index contributed by atoms with van der Waals surface area (Å²) in [6.07, 6.45) is 10.4. The zero-order valence-electron chi connectivity index (χ0n) is 12.0. The van der Waals surface area contributed by atoms with Gasteiger partial charge in [-0.2, -0.15) is 0 Å². The number of para-hydroxylation sites is 1. The molecule has 0 N–H and O–H groups in total. The molecule has 4 nitrogen and oxygen atoms in total. The molecular weight excluding hydrogens is 252 g/mol. The highest BCUT2D eigenvalue weighted by Gasteiger charge is 2.16. The first-order valence-corrected chi connectivity index (χ1v) is 7.28. The highest BCUT2D eigenvalue weighted by atomic mass is 16.6. The number of likely N-dealkylation sites (N-methyl/N-ethyl adjacent to an activating group) is 1. The fraction of sp³-hybridized carbons (Fsp3) is 0.500. The van der Waals surface area contributed by atoms with E-state index in [0.717, 1.165) is 6.54 Å². The summed E-state index contributed by atoms with van der Waals surface area (Å²) in [6.45, 7) is 0.844. The van der Waals surface area contributed by atoms with E-state index in [2.05, 4.69) is 11.9 Å². The Labute approximate surface area is 120 Å². The van der Waals surface area contributed by atoms with E-state index < -0.39 is 0 Å². The van der Waals surface area contributed by atoms with E-state index in [9.17, 15) is 10.1 Å². The molecular formula is C16H22N2O2. The van der Waals surface area contributed by atoms with Gasteiger partial charge < -0.3 is 0 Å². The SMILES string of the molecule is CN(C/C=C/c1ccccc1[N+](=O)[O-])C1CCCCC1. The first-order chi connectivity index (χ1) is 9.68. The lowest BCUT2D eigenvalue weighted by Crippen LogP contribution is -2.33. The number of nitro benzene ring substituents is 1. The van der Waals surface area contributed by atoms with E-state index in [0.29, 0.717) is 11.6 Å². The molecule has 0 saturated heterocycles. The fourth-order valence-corrected chi connectivity index (χ4v) is 2.81. The Balaban J connectivity index is 1.94. The Morgan fingerprint density at radius 2 is 2.00 bits per heavy atom. The number of benzene rings is 1. The van der Waals surface area contributed by atoms with Gasteiger partial charge in [-0.05, 0) is 26.0 Å². The molecule has 0 amide bonds. The first kappa shape index (κ1) is 14.7. The number of nitrogens with zero attached hydrogens (tertiary/aromatic N) is 2. The molecule has 0 bridgehead atoms. The minimum absolute atomic E-state index is 0.170. The first-order valence-electron chi connectivity index (χ1n) is 7.28. The van der Waals surface area contributed by atoms with Crippen LogP contribution in [0.25, 0.3) is 6.08 Å². The molecule has 20 heavy (non-hydrogen) atoms. The maximum atomic E-state index is 10.9. The van der Waals surface area contributed by atoms with Crippen LogP contribution in [0.3, 0.4) is 0 Å². The van der Waals surface area contributed by atoms with Gasteiger partial charge in [-0.15, -0.1) is 0 Å². The van der Waals surface area contributed by atoms with Gasteiger partial charge in [0.1, 0.15) is 0 Å². The number of nitro groups is 1. The molecule has 0 aromatic heterocycles. The van der Waals surface area contributed by atoms with Gasteiger partial charge >= 0.3 is 0 Å². The predicted molar refractivity (Wildman–Crippen MR) is 81.6 cm³/mol. The van der Waals surface area contributed by atoms with Crippen LogP contribution in [0.2, 0.25) is 0 Å². The van der Waals surface area contributed by atoms with Crippen molar-refractivity contribution in [2.24, 2.45) is 0 Å². The molecule has 0 atom stereocenters. The molecule has 0 radical (unpaired) electrons. The highest BCUT2D eigenvalue weighted by Crippen LogP contribution is 2.22. The Hall–Kier alpha value is -1.68. The van der Waals surface area contributed by atoms with Crippen molar-refractivity contribution >= 4 is 11.8 Å². The van der Waals surface area contributed by atoms with Gasteiger partial charge in [-0.1, -0.05) is 43.5 Å². The van der Waals surface area contributed by atoms with Crippen LogP contribution in [-0.4, -0.2) is 29.5 Å². The van der Waals surface area contributed by atoms with Crippen molar-refractivity contribution in [3.8, 4) is 0 Å². The second-order valence-electron chi connectivity index (χ2n) is 5.45. The van der Waals surface area contributed by atoms with Crippen LogP contribution in [0.5, 0.6) is 0 Å². The lowest BCUT2D eigenvalue weighted by molar-refractivity contribution is -0.385. The largest absolute Gasteiger partial charge is 0.300 e. The van der Waals surface area contributed by atoms with Gasteiger partial charge in [-0.25, -0.2) is 0 Å². The molecule has 1 fully saturated rings. The van der Waals surface area contributed by atoms with Crippen molar-refractivity contribution in [2.75, 3.05) is 13.6 Å². The molecule has 0 heterocycles. The molecule has 0 unspecified atom stereocenters. The number of hydrogen-bond donors (Lipinski definition) is 0. The number of hydrogen-bond acceptors (Lipinski definition) is 3. The standard InChI is InChI=1S/C16H22N2O2/c1-17(15-10-3-2-4-11-15)13-7-9-14-8-5-6-12-16(14)18(19)20/h5-9,12,15H,2-4,10-11,13H2,1H3/b9-7+. The zero-order chi connectivity index (χ0) is 14.4. The molecule has 2 rings (SSSR count). The summed E-state index contributed by atoms with van der Waals surface area (Å²) in [4.78, 5) is 13.0. The maximum absolute atomic E-state index is 10.9. The highest BCUT2D eigenvalue weighted by molar-refractivity contribution is 5.60. The van der Waals surface area contributed by atoms with Crippen molar-refractivity contribution < 1.29 is 4.92 Å². The average Bonchev–Trinajstić information content (AvgIpc) is 2.48. The second kappa shape index (κ2) is 7.20. The van der Waals surface area contributed by atoms with Gasteiger partial charge in [0, 0.05) is 18.7 Å². The van der Waals surface area contributed by atoms with Crippen molar-refractivity contribution in [1.29, 1.82) is 0 Å². The van der Waals surface area contributed by atoms with Gasteiger partial charge in [0.15, 0.2) is 0 Å². The summed E-state index contributed by atoms with van der Waals surface area (Å²) in [5.74, 6) is 0. The molecule has 1 aliphatic carbocycles. The van der Waals surface area contributed by atoms with Crippen molar-refractivity contribution in [2.45, 2.75) is 38.1 Å². The fourth-order valence-electron chi connectivity index (χ4n) is 2.81. The van der Waals surface area contributed by atoms with Crippen molar-refractivity contribution in [3.05, 3.63) is 46.0 Å². The summed E-state index contributed by atoms with van der Waals surface area (Å²) in [6, 6.07) is 7.53. The van der Waals surface area contributed by atoms with Crippen LogP contribution in [0.15, 0.2) is 30.3 Å². The molecule has 0 aliphatic heterocycles. The van der Waals surface area contributed by atoms with E-state index in [4.69, 9.17) is 0 Å². The van der Waals surface area contributed by atoms with Crippen LogP contribution in [0.1, 0.15) is 37.7 Å². The Morgan fingerprint density at radius 3 is 2.70 bits per heavy atom. The van der Waals surface area contributed by atoms with Crippen LogP contribution in [-0.2, 0) is 0 Å². The zero-order valence-corrected chi connectivity index (χ0v) is 12.0. The molecule has 4 heteroatoms. The molecule has 1 saturated carbocycles. The van der Waals surface area contributed by atoms with Crippen LogP contribution >= 0.6 is 0 Å². The molecule has 1 aliphatic rings. The van der Waals surface area contributed by atoms with E-state index in [1.54, 1.807) is 18.2 Å². The summed E-state index contributed by atoms with van der Waals surface area (Å²) in [5, 5.41) is 10.9. The summed E-state index contributed by atoms with van der Waals surface area (Å²) >= 11 is 0. The maximum Gasteiger partial charge on any atom is 0.276 e. The topological polar surface area (TPSA) is 46.4 Å². The lowest BCUT2D eigenvalue weighted by atomic mass is 9.94. The number of rotatable bonds is 5. The Kier molecular flexibility index (Phi) is 5.30. The molecule has 0 spiro atoms. The monoisotopic (exact) mass is 274 g/mol. The van der Waals surface area contributed by atoms with E-state index in [-0.39, 0.29) is 10.6 Å². The van der Waals surface area contributed by atoms with Gasteiger partial charge in [0.25, 0.3) is 5.69 Å².